The molecule has 2 rings (SSSR count). The van der Waals surface area contributed by atoms with Crippen molar-refractivity contribution in [2.45, 2.75) is 19.3 Å². The van der Waals surface area contributed by atoms with Gasteiger partial charge >= 0.3 is 5.97 Å². The maximum atomic E-state index is 11.9. The zero-order valence-corrected chi connectivity index (χ0v) is 9.33. The number of aromatic nitrogens is 1. The van der Waals surface area contributed by atoms with E-state index in [2.05, 4.69) is 5.16 Å². The summed E-state index contributed by atoms with van der Waals surface area (Å²) in [4.78, 5) is 24.1. The summed E-state index contributed by atoms with van der Waals surface area (Å²) in [5, 5.41) is 12.2. The average Bonchev–Trinajstić information content (AvgIpc) is 2.82. The fourth-order valence-corrected chi connectivity index (χ4v) is 2.07. The first-order valence-electron chi connectivity index (χ1n) is 5.58. The summed E-state index contributed by atoms with van der Waals surface area (Å²) in [6.07, 6.45) is 3.08. The van der Waals surface area contributed by atoms with Crippen molar-refractivity contribution >= 4 is 11.9 Å². The molecule has 1 amide bonds. The molecule has 0 aromatic carbocycles. The minimum Gasteiger partial charge on any atom is -0.481 e. The minimum atomic E-state index is -0.773. The maximum Gasteiger partial charge on any atom is 0.303 e. The molecule has 0 atom stereocenters. The molecule has 1 N–H and O–H groups in total. The minimum absolute atomic E-state index is 0.170. The normalized spacial score (nSPS) is 17.1. The Morgan fingerprint density at radius 2 is 2.18 bits per heavy atom. The van der Waals surface area contributed by atoms with Gasteiger partial charge < -0.3 is 14.5 Å². The van der Waals surface area contributed by atoms with E-state index in [1.54, 1.807) is 4.90 Å². The molecular weight excluding hydrogens is 224 g/mol. The van der Waals surface area contributed by atoms with E-state index in [4.69, 9.17) is 9.63 Å². The summed E-state index contributed by atoms with van der Waals surface area (Å²) < 4.78 is 4.80. The molecule has 17 heavy (non-hydrogen) atoms. The largest absolute Gasteiger partial charge is 0.481 e. The van der Waals surface area contributed by atoms with Gasteiger partial charge in [0.15, 0.2) is 0 Å². The van der Waals surface area contributed by atoms with E-state index >= 15 is 0 Å². The lowest BCUT2D eigenvalue weighted by Gasteiger charge is -2.30. The second-order valence-electron chi connectivity index (χ2n) is 4.21. The lowest BCUT2D eigenvalue weighted by molar-refractivity contribution is -0.138. The maximum absolute atomic E-state index is 11.9. The molecule has 1 aromatic rings. The first-order valence-corrected chi connectivity index (χ1v) is 5.58. The monoisotopic (exact) mass is 238 g/mol. The number of hydrogen-bond donors (Lipinski definition) is 1. The number of piperidine rings is 1. The number of carboxylic acid groups (broad SMARTS) is 1. The van der Waals surface area contributed by atoms with Crippen LogP contribution in [0.25, 0.3) is 0 Å². The second kappa shape index (κ2) is 4.99. The Bertz CT molecular complexity index is 394. The molecule has 1 saturated heterocycles. The van der Waals surface area contributed by atoms with Gasteiger partial charge in [-0.2, -0.15) is 0 Å². The van der Waals surface area contributed by atoms with Crippen LogP contribution in [0.4, 0.5) is 0 Å². The van der Waals surface area contributed by atoms with E-state index in [-0.39, 0.29) is 24.0 Å². The average molecular weight is 238 g/mol. The Morgan fingerprint density at radius 3 is 2.71 bits per heavy atom. The van der Waals surface area contributed by atoms with E-state index in [0.717, 1.165) is 12.8 Å². The highest BCUT2D eigenvalue weighted by Gasteiger charge is 2.26. The SMILES string of the molecule is O=C(O)CC1CCN(C(=O)c2ccno2)CC1. The molecule has 92 valence electrons. The van der Waals surface area contributed by atoms with E-state index in [1.807, 2.05) is 0 Å². The standard InChI is InChI=1S/C11H14N2O4/c14-10(15)7-8-2-5-13(6-3-8)11(16)9-1-4-12-17-9/h1,4,8H,2-3,5-7H2,(H,14,15). The second-order valence-corrected chi connectivity index (χ2v) is 4.21. The van der Waals surface area contributed by atoms with Crippen LogP contribution in [0.3, 0.4) is 0 Å². The van der Waals surface area contributed by atoms with Crippen molar-refractivity contribution < 1.29 is 19.2 Å². The Hall–Kier alpha value is -1.85. The topological polar surface area (TPSA) is 83.6 Å². The van der Waals surface area contributed by atoms with Crippen LogP contribution in [-0.4, -0.2) is 40.1 Å². The van der Waals surface area contributed by atoms with Crippen molar-refractivity contribution in [3.63, 3.8) is 0 Å². The zero-order valence-electron chi connectivity index (χ0n) is 9.33. The number of rotatable bonds is 3. The van der Waals surface area contributed by atoms with Gasteiger partial charge in [-0.05, 0) is 18.8 Å². The molecule has 6 nitrogen and oxygen atoms in total. The van der Waals surface area contributed by atoms with Crippen molar-refractivity contribution in [3.05, 3.63) is 18.0 Å². The van der Waals surface area contributed by atoms with Gasteiger partial charge in [0.05, 0.1) is 6.20 Å². The lowest BCUT2D eigenvalue weighted by Crippen LogP contribution is -2.38. The number of carboxylic acids is 1. The van der Waals surface area contributed by atoms with Crippen molar-refractivity contribution in [2.75, 3.05) is 13.1 Å². The highest BCUT2D eigenvalue weighted by molar-refractivity contribution is 5.91. The first-order chi connectivity index (χ1) is 8.16. The third-order valence-corrected chi connectivity index (χ3v) is 3.01. The van der Waals surface area contributed by atoms with Crippen molar-refractivity contribution in [2.24, 2.45) is 5.92 Å². The van der Waals surface area contributed by atoms with E-state index in [1.165, 1.54) is 12.3 Å². The molecular formula is C11H14N2O4. The molecule has 1 fully saturated rings. The number of carbonyl (C=O) groups is 2. The van der Waals surface area contributed by atoms with Gasteiger partial charge in [0, 0.05) is 25.6 Å². The van der Waals surface area contributed by atoms with Gasteiger partial charge in [-0.1, -0.05) is 5.16 Å². The van der Waals surface area contributed by atoms with Crippen LogP contribution in [0, 0.1) is 5.92 Å². The Labute approximate surface area is 98.2 Å². The first kappa shape index (κ1) is 11.6. The van der Waals surface area contributed by atoms with Crippen LogP contribution in [0.15, 0.2) is 16.8 Å². The number of nitrogens with zero attached hydrogens (tertiary/aromatic N) is 2. The molecule has 1 aliphatic rings. The summed E-state index contributed by atoms with van der Waals surface area (Å²) in [6, 6.07) is 1.53. The Balaban J connectivity index is 1.87. The van der Waals surface area contributed by atoms with Crippen LogP contribution in [0.1, 0.15) is 29.8 Å². The predicted octanol–water partition coefficient (Wildman–Crippen LogP) is 1.00. The molecule has 0 bridgehead atoms. The van der Waals surface area contributed by atoms with Crippen LogP contribution in [0.5, 0.6) is 0 Å². The zero-order chi connectivity index (χ0) is 12.3. The lowest BCUT2D eigenvalue weighted by atomic mass is 9.93. The summed E-state index contributed by atoms with van der Waals surface area (Å²) >= 11 is 0. The van der Waals surface area contributed by atoms with Crippen molar-refractivity contribution in [1.29, 1.82) is 0 Å². The molecule has 0 radical (unpaired) electrons. The molecule has 1 aliphatic heterocycles. The summed E-state index contributed by atoms with van der Waals surface area (Å²) in [5.74, 6) is -0.533. The summed E-state index contributed by atoms with van der Waals surface area (Å²) in [7, 11) is 0. The van der Waals surface area contributed by atoms with Gasteiger partial charge in [-0.25, -0.2) is 0 Å². The van der Waals surface area contributed by atoms with Crippen molar-refractivity contribution in [3.8, 4) is 0 Å². The number of carbonyl (C=O) groups excluding carboxylic acids is 1. The molecule has 1 aromatic heterocycles. The number of aliphatic carboxylic acids is 1. The van der Waals surface area contributed by atoms with Crippen LogP contribution >= 0.6 is 0 Å². The Kier molecular flexibility index (Phi) is 3.41. The highest BCUT2D eigenvalue weighted by atomic mass is 16.5. The van der Waals surface area contributed by atoms with Gasteiger partial charge in [0.2, 0.25) is 5.76 Å². The highest BCUT2D eigenvalue weighted by Crippen LogP contribution is 2.21. The van der Waals surface area contributed by atoms with Crippen LogP contribution in [0.2, 0.25) is 0 Å². The molecule has 0 saturated carbocycles. The molecule has 2 heterocycles. The van der Waals surface area contributed by atoms with Crippen molar-refractivity contribution in [1.82, 2.24) is 10.1 Å². The molecule has 6 heteroatoms. The molecule has 0 spiro atoms. The van der Waals surface area contributed by atoms with Crippen LogP contribution in [-0.2, 0) is 4.79 Å². The quantitative estimate of drug-likeness (QED) is 0.849. The summed E-state index contributed by atoms with van der Waals surface area (Å²) in [6.45, 7) is 1.16. The van der Waals surface area contributed by atoms with Gasteiger partial charge in [-0.3, -0.25) is 9.59 Å². The van der Waals surface area contributed by atoms with Gasteiger partial charge in [0.1, 0.15) is 0 Å². The van der Waals surface area contributed by atoms with Gasteiger partial charge in [0.25, 0.3) is 5.91 Å². The molecule has 0 unspecified atom stereocenters. The third-order valence-electron chi connectivity index (χ3n) is 3.01. The smallest absolute Gasteiger partial charge is 0.303 e. The van der Waals surface area contributed by atoms with Crippen LogP contribution < -0.4 is 0 Å². The third kappa shape index (κ3) is 2.83. The molecule has 0 aliphatic carbocycles. The predicted molar refractivity (Wildman–Crippen MR) is 57.4 cm³/mol. The van der Waals surface area contributed by atoms with E-state index in [9.17, 15) is 9.59 Å². The number of amides is 1. The number of hydrogen-bond acceptors (Lipinski definition) is 4. The van der Waals surface area contributed by atoms with E-state index in [0.29, 0.717) is 13.1 Å². The Morgan fingerprint density at radius 1 is 1.47 bits per heavy atom. The van der Waals surface area contributed by atoms with E-state index < -0.39 is 5.97 Å². The fraction of sp³-hybridized carbons (Fsp3) is 0.545. The van der Waals surface area contributed by atoms with Gasteiger partial charge in [-0.15, -0.1) is 0 Å². The summed E-state index contributed by atoms with van der Waals surface area (Å²) in [5.41, 5.74) is 0. The fourth-order valence-electron chi connectivity index (χ4n) is 2.07. The number of likely N-dealkylation sites (tertiary alicyclic amines) is 1.